The number of aromatic nitrogens is 2. The van der Waals surface area contributed by atoms with Gasteiger partial charge in [0.2, 0.25) is 0 Å². The molecule has 1 spiro atoms. The third-order valence-electron chi connectivity index (χ3n) is 5.28. The van der Waals surface area contributed by atoms with Crippen LogP contribution in [0.2, 0.25) is 0 Å². The summed E-state index contributed by atoms with van der Waals surface area (Å²) in [7, 11) is 0. The number of fused-ring (bicyclic) bond motifs is 3. The number of nitrogens with one attached hydrogen (secondary N) is 1. The van der Waals surface area contributed by atoms with Crippen molar-refractivity contribution in [2.75, 3.05) is 19.6 Å². The molecule has 2 aromatic heterocycles. The molecule has 0 amide bonds. The highest BCUT2D eigenvalue weighted by Gasteiger charge is 2.52. The molecule has 4 aliphatic rings. The molecule has 1 atom stereocenters. The minimum absolute atomic E-state index is 0.0983. The highest BCUT2D eigenvalue weighted by molar-refractivity contribution is 7.18. The van der Waals surface area contributed by atoms with Crippen molar-refractivity contribution in [2.24, 2.45) is 10.9 Å². The number of hydrogen-bond acceptors (Lipinski definition) is 6. The van der Waals surface area contributed by atoms with Crippen molar-refractivity contribution >= 4 is 33.3 Å². The van der Waals surface area contributed by atoms with Gasteiger partial charge in [0.15, 0.2) is 0 Å². The van der Waals surface area contributed by atoms with Crippen LogP contribution in [0.3, 0.4) is 0 Å². The molecule has 4 fully saturated rings. The molecule has 7 heteroatoms. The molecule has 2 bridgehead atoms. The van der Waals surface area contributed by atoms with Crippen molar-refractivity contribution < 1.29 is 4.84 Å². The topological polar surface area (TPSA) is 62.6 Å². The number of hydroxylamine groups is 1. The molecule has 120 valence electrons. The first kappa shape index (κ1) is 13.8. The molecule has 23 heavy (non-hydrogen) atoms. The van der Waals surface area contributed by atoms with Gasteiger partial charge in [-0.15, -0.1) is 11.3 Å². The second kappa shape index (κ2) is 4.96. The first-order valence-electron chi connectivity index (χ1n) is 8.17. The summed E-state index contributed by atoms with van der Waals surface area (Å²) >= 11 is 1.68. The SMILES string of the molecule is Cc1cc2cnc(N=C3C[C@@]4(CN5CCC4CC5)ON3)nc2s1. The van der Waals surface area contributed by atoms with Crippen molar-refractivity contribution in [1.82, 2.24) is 20.3 Å². The molecule has 1 N–H and O–H groups in total. The normalized spacial score (nSPS) is 34.6. The molecule has 4 saturated heterocycles. The van der Waals surface area contributed by atoms with Crippen LogP contribution in [0.4, 0.5) is 5.95 Å². The van der Waals surface area contributed by atoms with Gasteiger partial charge in [-0.1, -0.05) is 0 Å². The highest BCUT2D eigenvalue weighted by Crippen LogP contribution is 2.42. The summed E-state index contributed by atoms with van der Waals surface area (Å²) in [4.78, 5) is 24.3. The maximum atomic E-state index is 6.02. The lowest BCUT2D eigenvalue weighted by Gasteiger charge is -2.49. The fourth-order valence-electron chi connectivity index (χ4n) is 4.14. The van der Waals surface area contributed by atoms with Crippen molar-refractivity contribution in [3.63, 3.8) is 0 Å². The summed E-state index contributed by atoms with van der Waals surface area (Å²) in [6.07, 6.45) is 5.14. The molecule has 2 aromatic rings. The number of hydrogen-bond donors (Lipinski definition) is 1. The molecule has 6 nitrogen and oxygen atoms in total. The first-order chi connectivity index (χ1) is 11.2. The van der Waals surface area contributed by atoms with Gasteiger partial charge in [-0.05, 0) is 44.8 Å². The van der Waals surface area contributed by atoms with Gasteiger partial charge in [-0.3, -0.25) is 10.3 Å². The van der Waals surface area contributed by atoms with Crippen LogP contribution in [0.15, 0.2) is 17.3 Å². The fourth-order valence-corrected chi connectivity index (χ4v) is 4.99. The Bertz CT molecular complexity index is 795. The fraction of sp³-hybridized carbons (Fsp3) is 0.562. The zero-order valence-electron chi connectivity index (χ0n) is 13.1. The van der Waals surface area contributed by atoms with E-state index >= 15 is 0 Å². The van der Waals surface area contributed by atoms with Gasteiger partial charge in [-0.25, -0.2) is 4.98 Å². The minimum Gasteiger partial charge on any atom is -0.300 e. The lowest BCUT2D eigenvalue weighted by Crippen LogP contribution is -2.59. The van der Waals surface area contributed by atoms with E-state index in [4.69, 9.17) is 4.84 Å². The van der Waals surface area contributed by atoms with E-state index in [1.807, 2.05) is 6.20 Å². The summed E-state index contributed by atoms with van der Waals surface area (Å²) < 4.78 is 0. The number of rotatable bonds is 1. The number of amidine groups is 1. The molecule has 0 aliphatic carbocycles. The average molecular weight is 329 g/mol. The molecule has 6 rings (SSSR count). The zero-order valence-corrected chi connectivity index (χ0v) is 13.9. The quantitative estimate of drug-likeness (QED) is 0.870. The molecule has 0 unspecified atom stereocenters. The van der Waals surface area contributed by atoms with Crippen LogP contribution < -0.4 is 5.48 Å². The number of nitrogens with zero attached hydrogens (tertiary/aromatic N) is 4. The van der Waals surface area contributed by atoms with Crippen LogP contribution in [0, 0.1) is 12.8 Å². The molecule has 0 radical (unpaired) electrons. The molecular formula is C16H19N5OS. The van der Waals surface area contributed by atoms with Gasteiger partial charge < -0.3 is 4.90 Å². The number of aryl methyl sites for hydroxylation is 1. The average Bonchev–Trinajstić information content (AvgIpc) is 3.11. The summed E-state index contributed by atoms with van der Waals surface area (Å²) in [6.45, 7) is 5.51. The smallest absolute Gasteiger partial charge is 0.252 e. The maximum absolute atomic E-state index is 6.02. The highest BCUT2D eigenvalue weighted by atomic mass is 32.1. The Morgan fingerprint density at radius 1 is 1.43 bits per heavy atom. The molecule has 6 heterocycles. The third-order valence-corrected chi connectivity index (χ3v) is 6.24. The van der Waals surface area contributed by atoms with Crippen LogP contribution in [-0.2, 0) is 4.84 Å². The predicted octanol–water partition coefficient (Wildman–Crippen LogP) is 2.42. The van der Waals surface area contributed by atoms with Gasteiger partial charge in [0.05, 0.1) is 0 Å². The van der Waals surface area contributed by atoms with Gasteiger partial charge in [0.1, 0.15) is 16.3 Å². The summed E-state index contributed by atoms with van der Waals surface area (Å²) in [5, 5.41) is 1.08. The van der Waals surface area contributed by atoms with E-state index < -0.39 is 0 Å². The Morgan fingerprint density at radius 2 is 2.30 bits per heavy atom. The minimum atomic E-state index is -0.0983. The Labute approximate surface area is 138 Å². The van der Waals surface area contributed by atoms with Gasteiger partial charge in [-0.2, -0.15) is 9.98 Å². The van der Waals surface area contributed by atoms with E-state index in [1.54, 1.807) is 11.3 Å². The molecule has 4 aliphatic heterocycles. The van der Waals surface area contributed by atoms with Crippen LogP contribution >= 0.6 is 11.3 Å². The lowest BCUT2D eigenvalue weighted by molar-refractivity contribution is -0.150. The van der Waals surface area contributed by atoms with Crippen LogP contribution in [0.25, 0.3) is 10.2 Å². The van der Waals surface area contributed by atoms with E-state index in [0.717, 1.165) is 29.0 Å². The standard InChI is InChI=1S/C16H19N5OS/c1-10-6-11-8-17-15(19-14(11)23-10)18-13-7-16(22-20-13)9-21-4-2-12(16)3-5-21/h6,8,12H,2-5,7,9H2,1H3,(H,17,18,19,20)/t16-/m0/s1. The van der Waals surface area contributed by atoms with Crippen molar-refractivity contribution in [1.29, 1.82) is 0 Å². The summed E-state index contributed by atoms with van der Waals surface area (Å²) in [5.41, 5.74) is 2.95. The molecule has 0 aromatic carbocycles. The van der Waals surface area contributed by atoms with Gasteiger partial charge >= 0.3 is 0 Å². The second-order valence-corrected chi connectivity index (χ2v) is 8.08. The Kier molecular flexibility index (Phi) is 2.98. The first-order valence-corrected chi connectivity index (χ1v) is 8.99. The number of thiophene rings is 1. The third kappa shape index (κ3) is 2.26. The second-order valence-electron chi connectivity index (χ2n) is 6.84. The van der Waals surface area contributed by atoms with E-state index in [9.17, 15) is 0 Å². The maximum Gasteiger partial charge on any atom is 0.252 e. The van der Waals surface area contributed by atoms with Crippen molar-refractivity contribution in [3.05, 3.63) is 17.1 Å². The zero-order chi connectivity index (χ0) is 15.4. The van der Waals surface area contributed by atoms with Crippen LogP contribution in [0.1, 0.15) is 24.1 Å². The number of piperidine rings is 3. The predicted molar refractivity (Wildman–Crippen MR) is 90.0 cm³/mol. The van der Waals surface area contributed by atoms with E-state index in [2.05, 4.69) is 38.3 Å². The molecule has 0 saturated carbocycles. The van der Waals surface area contributed by atoms with Gasteiger partial charge in [0, 0.05) is 29.4 Å². The Balaban J connectivity index is 1.42. The van der Waals surface area contributed by atoms with Crippen molar-refractivity contribution in [2.45, 2.75) is 31.8 Å². The van der Waals surface area contributed by atoms with E-state index in [0.29, 0.717) is 11.9 Å². The summed E-state index contributed by atoms with van der Waals surface area (Å²) in [6, 6.07) is 2.11. The van der Waals surface area contributed by atoms with Crippen LogP contribution in [-0.4, -0.2) is 45.9 Å². The lowest BCUT2D eigenvalue weighted by atomic mass is 9.74. The monoisotopic (exact) mass is 329 g/mol. The summed E-state index contributed by atoms with van der Waals surface area (Å²) in [5.74, 6) is 2.01. The van der Waals surface area contributed by atoms with Crippen molar-refractivity contribution in [3.8, 4) is 0 Å². The molecular weight excluding hydrogens is 310 g/mol. The Hall–Kier alpha value is -1.57. The van der Waals surface area contributed by atoms with Crippen LogP contribution in [0.5, 0.6) is 0 Å². The van der Waals surface area contributed by atoms with Gasteiger partial charge in [0.25, 0.3) is 5.95 Å². The number of aliphatic imine (C=N–C) groups is 1. The largest absolute Gasteiger partial charge is 0.300 e. The van der Waals surface area contributed by atoms with E-state index in [1.165, 1.54) is 30.8 Å². The Morgan fingerprint density at radius 3 is 3.09 bits per heavy atom. The van der Waals surface area contributed by atoms with E-state index in [-0.39, 0.29) is 5.60 Å².